The van der Waals surface area contributed by atoms with Crippen molar-refractivity contribution in [2.24, 2.45) is 5.92 Å². The third kappa shape index (κ3) is 1.29. The van der Waals surface area contributed by atoms with E-state index in [4.69, 9.17) is 6.42 Å². The molecule has 3 fully saturated rings. The topological polar surface area (TPSA) is 3.24 Å². The maximum Gasteiger partial charge on any atom is 0.0832 e. The van der Waals surface area contributed by atoms with Crippen LogP contribution in [0.1, 0.15) is 18.4 Å². The van der Waals surface area contributed by atoms with E-state index in [0.717, 1.165) is 12.5 Å². The molecule has 0 N–H and O–H groups in total. The van der Waals surface area contributed by atoms with Gasteiger partial charge in [-0.05, 0) is 24.3 Å². The Balaban J connectivity index is 1.78. The molecule has 0 unspecified atom stereocenters. The first-order valence-electron chi connectivity index (χ1n) is 5.59. The Morgan fingerprint density at radius 3 is 2.73 bits per heavy atom. The van der Waals surface area contributed by atoms with E-state index in [1.807, 2.05) is 0 Å². The fourth-order valence-corrected chi connectivity index (χ4v) is 3.00. The molecule has 76 valence electrons. The van der Waals surface area contributed by atoms with Crippen LogP contribution < -0.4 is 0 Å². The first-order chi connectivity index (χ1) is 7.32. The molecule has 1 aromatic rings. The summed E-state index contributed by atoms with van der Waals surface area (Å²) >= 11 is 0. The molecule has 1 nitrogen and oxygen atoms in total. The van der Waals surface area contributed by atoms with Gasteiger partial charge in [-0.1, -0.05) is 36.3 Å². The van der Waals surface area contributed by atoms with Crippen molar-refractivity contribution in [1.82, 2.24) is 4.90 Å². The molecule has 1 saturated carbocycles. The van der Waals surface area contributed by atoms with Crippen LogP contribution in [0.15, 0.2) is 30.3 Å². The molecule has 0 atom stereocenters. The predicted molar refractivity (Wildman–Crippen MR) is 61.1 cm³/mol. The fraction of sp³-hybridized carbons (Fsp3) is 0.429. The normalized spacial score (nSPS) is 33.4. The lowest BCUT2D eigenvalue weighted by atomic mass is 9.74. The summed E-state index contributed by atoms with van der Waals surface area (Å²) in [5.74, 6) is 3.87. The van der Waals surface area contributed by atoms with Crippen LogP contribution in [0.25, 0.3) is 0 Å². The Kier molecular flexibility index (Phi) is 1.87. The number of terminal acetylenes is 1. The van der Waals surface area contributed by atoms with Gasteiger partial charge in [0.05, 0.1) is 5.54 Å². The molecular formula is C14H15N. The summed E-state index contributed by atoms with van der Waals surface area (Å²) in [6, 6.07) is 10.6. The van der Waals surface area contributed by atoms with Crippen molar-refractivity contribution < 1.29 is 0 Å². The van der Waals surface area contributed by atoms with Gasteiger partial charge < -0.3 is 0 Å². The highest BCUT2D eigenvalue weighted by molar-refractivity contribution is 5.27. The average molecular weight is 197 g/mol. The zero-order valence-electron chi connectivity index (χ0n) is 8.82. The van der Waals surface area contributed by atoms with Gasteiger partial charge in [-0.15, -0.1) is 6.42 Å². The van der Waals surface area contributed by atoms with E-state index >= 15 is 0 Å². The van der Waals surface area contributed by atoms with Crippen LogP contribution in [0.5, 0.6) is 0 Å². The van der Waals surface area contributed by atoms with Gasteiger partial charge in [0, 0.05) is 13.1 Å². The summed E-state index contributed by atoms with van der Waals surface area (Å²) in [6.45, 7) is 2.21. The van der Waals surface area contributed by atoms with Crippen LogP contribution in [-0.2, 0) is 6.54 Å². The van der Waals surface area contributed by atoms with Crippen molar-refractivity contribution in [2.75, 3.05) is 6.54 Å². The van der Waals surface area contributed by atoms with Gasteiger partial charge in [-0.25, -0.2) is 0 Å². The van der Waals surface area contributed by atoms with E-state index < -0.39 is 0 Å². The Morgan fingerprint density at radius 1 is 1.33 bits per heavy atom. The first-order valence-corrected chi connectivity index (χ1v) is 5.59. The molecule has 4 rings (SSSR count). The zero-order valence-corrected chi connectivity index (χ0v) is 8.82. The summed E-state index contributed by atoms with van der Waals surface area (Å²) in [5, 5.41) is 0. The molecule has 15 heavy (non-hydrogen) atoms. The van der Waals surface area contributed by atoms with E-state index in [9.17, 15) is 0 Å². The smallest absolute Gasteiger partial charge is 0.0832 e. The monoisotopic (exact) mass is 197 g/mol. The zero-order chi connectivity index (χ0) is 10.3. The van der Waals surface area contributed by atoms with E-state index in [2.05, 4.69) is 41.2 Å². The van der Waals surface area contributed by atoms with E-state index in [0.29, 0.717) is 0 Å². The minimum atomic E-state index is 0.112. The summed E-state index contributed by atoms with van der Waals surface area (Å²) in [4.78, 5) is 2.48. The number of hydrogen-bond acceptors (Lipinski definition) is 1. The number of hydrogen-bond donors (Lipinski definition) is 0. The molecule has 2 bridgehead atoms. The van der Waals surface area contributed by atoms with Gasteiger partial charge in [0.1, 0.15) is 0 Å². The summed E-state index contributed by atoms with van der Waals surface area (Å²) < 4.78 is 0. The second kappa shape index (κ2) is 3.12. The lowest BCUT2D eigenvalue weighted by Gasteiger charge is -2.37. The van der Waals surface area contributed by atoms with Gasteiger partial charge in [0.15, 0.2) is 0 Å². The third-order valence-corrected chi connectivity index (χ3v) is 3.82. The van der Waals surface area contributed by atoms with Crippen molar-refractivity contribution in [3.8, 4) is 12.3 Å². The van der Waals surface area contributed by atoms with Crippen molar-refractivity contribution in [2.45, 2.75) is 24.9 Å². The molecular weight excluding hydrogens is 182 g/mol. The van der Waals surface area contributed by atoms with E-state index in [1.54, 1.807) is 0 Å². The Hall–Kier alpha value is -1.26. The highest BCUT2D eigenvalue weighted by Crippen LogP contribution is 2.50. The van der Waals surface area contributed by atoms with Gasteiger partial charge in [0.25, 0.3) is 0 Å². The van der Waals surface area contributed by atoms with Crippen LogP contribution >= 0.6 is 0 Å². The highest BCUT2D eigenvalue weighted by Gasteiger charge is 2.54. The maximum atomic E-state index is 5.66. The van der Waals surface area contributed by atoms with Crippen LogP contribution in [0.2, 0.25) is 0 Å². The number of rotatable bonds is 2. The van der Waals surface area contributed by atoms with Crippen LogP contribution in [0.4, 0.5) is 0 Å². The first kappa shape index (κ1) is 9.00. The number of benzene rings is 1. The fourth-order valence-electron chi connectivity index (χ4n) is 3.00. The Morgan fingerprint density at radius 2 is 2.07 bits per heavy atom. The average Bonchev–Trinajstić information content (AvgIpc) is 2.72. The molecule has 0 aromatic heterocycles. The van der Waals surface area contributed by atoms with Crippen LogP contribution in [0, 0.1) is 18.3 Å². The summed E-state index contributed by atoms with van der Waals surface area (Å²) in [5.41, 5.74) is 1.49. The molecule has 0 spiro atoms. The third-order valence-electron chi connectivity index (χ3n) is 3.82. The van der Waals surface area contributed by atoms with Crippen molar-refractivity contribution >= 4 is 0 Å². The molecule has 2 saturated heterocycles. The summed E-state index contributed by atoms with van der Waals surface area (Å²) in [7, 11) is 0. The minimum Gasteiger partial charge on any atom is -0.283 e. The van der Waals surface area contributed by atoms with Crippen molar-refractivity contribution in [1.29, 1.82) is 0 Å². The molecule has 2 aliphatic heterocycles. The van der Waals surface area contributed by atoms with Crippen LogP contribution in [0.3, 0.4) is 0 Å². The second-order valence-corrected chi connectivity index (χ2v) is 4.82. The van der Waals surface area contributed by atoms with Gasteiger partial charge in [-0.2, -0.15) is 0 Å². The Labute approximate surface area is 91.1 Å². The van der Waals surface area contributed by atoms with E-state index in [1.165, 1.54) is 24.9 Å². The standard InChI is InChI=1S/C14H15N/c1-2-14-8-13(9-14)11-15(14)10-12-6-4-3-5-7-12/h1,3-7,13H,8-11H2. The lowest BCUT2D eigenvalue weighted by Crippen LogP contribution is -2.43. The van der Waals surface area contributed by atoms with Crippen molar-refractivity contribution in [3.05, 3.63) is 35.9 Å². The summed E-state index contributed by atoms with van der Waals surface area (Å²) in [6.07, 6.45) is 8.10. The molecule has 3 aliphatic rings. The molecule has 1 aliphatic carbocycles. The highest BCUT2D eigenvalue weighted by atomic mass is 15.3. The van der Waals surface area contributed by atoms with Crippen LogP contribution in [-0.4, -0.2) is 17.0 Å². The van der Waals surface area contributed by atoms with Gasteiger partial charge in [0.2, 0.25) is 0 Å². The predicted octanol–water partition coefficient (Wildman–Crippen LogP) is 2.28. The second-order valence-electron chi connectivity index (χ2n) is 4.82. The minimum absolute atomic E-state index is 0.112. The number of fused-ring (bicyclic) bond motifs is 1. The molecule has 2 heterocycles. The van der Waals surface area contributed by atoms with E-state index in [-0.39, 0.29) is 5.54 Å². The quantitative estimate of drug-likeness (QED) is 0.657. The molecule has 0 radical (unpaired) electrons. The largest absolute Gasteiger partial charge is 0.283 e. The van der Waals surface area contributed by atoms with Crippen molar-refractivity contribution in [3.63, 3.8) is 0 Å². The number of nitrogens with zero attached hydrogens (tertiary/aromatic N) is 1. The van der Waals surface area contributed by atoms with Gasteiger partial charge in [-0.3, -0.25) is 4.90 Å². The lowest BCUT2D eigenvalue weighted by molar-refractivity contribution is 0.166. The SMILES string of the molecule is C#CC12CC(CN1Cc1ccccc1)C2. The molecule has 0 amide bonds. The molecule has 1 aromatic carbocycles. The molecule has 1 heteroatoms. The maximum absolute atomic E-state index is 5.66. The Bertz CT molecular complexity index is 395. The van der Waals surface area contributed by atoms with Gasteiger partial charge >= 0.3 is 0 Å².